The largest absolute Gasteiger partial charge is 0.478 e. The van der Waals surface area contributed by atoms with Crippen LogP contribution < -0.4 is 5.43 Å². The number of hydrogen-bond donors (Lipinski definition) is 2. The molecule has 0 atom stereocenters. The molecule has 0 heterocycles. The van der Waals surface area contributed by atoms with Gasteiger partial charge in [0.25, 0.3) is 0 Å². The second-order valence-electron chi connectivity index (χ2n) is 4.61. The average Bonchev–Trinajstić information content (AvgIpc) is 2.93. The van der Waals surface area contributed by atoms with Gasteiger partial charge >= 0.3 is 5.97 Å². The van der Waals surface area contributed by atoms with Crippen LogP contribution in [0.5, 0.6) is 0 Å². The quantitative estimate of drug-likeness (QED) is 0.642. The maximum absolute atomic E-state index is 11.7. The first-order valence-electron chi connectivity index (χ1n) is 6.33. The molecule has 1 aromatic rings. The third kappa shape index (κ3) is 3.40. The summed E-state index contributed by atoms with van der Waals surface area (Å²) in [6, 6.07) is 6.53. The predicted octanol–water partition coefficient (Wildman–Crippen LogP) is 2.03. The van der Waals surface area contributed by atoms with Gasteiger partial charge in [-0.2, -0.15) is 5.10 Å². The Morgan fingerprint density at radius 3 is 2.63 bits per heavy atom. The van der Waals surface area contributed by atoms with Crippen LogP contribution in [0.1, 0.15) is 41.6 Å². The molecule has 1 fully saturated rings. The summed E-state index contributed by atoms with van der Waals surface area (Å²) in [7, 11) is 0. The molecule has 0 aromatic heterocycles. The third-order valence-electron chi connectivity index (χ3n) is 3.30. The number of nitrogens with zero attached hydrogens (tertiary/aromatic N) is 1. The topological polar surface area (TPSA) is 78.8 Å². The molecule has 100 valence electrons. The first kappa shape index (κ1) is 13.3. The molecule has 0 bridgehead atoms. The number of carbonyl (C=O) groups excluding carboxylic acids is 1. The van der Waals surface area contributed by atoms with Crippen molar-refractivity contribution in [3.05, 3.63) is 35.4 Å². The molecule has 19 heavy (non-hydrogen) atoms. The molecule has 0 aliphatic heterocycles. The van der Waals surface area contributed by atoms with Gasteiger partial charge in [-0.1, -0.05) is 31.0 Å². The van der Waals surface area contributed by atoms with Gasteiger partial charge in [0, 0.05) is 11.5 Å². The summed E-state index contributed by atoms with van der Waals surface area (Å²) in [6.45, 7) is 0. The van der Waals surface area contributed by atoms with E-state index in [2.05, 4.69) is 10.5 Å². The van der Waals surface area contributed by atoms with E-state index in [1.54, 1.807) is 18.2 Å². The summed E-state index contributed by atoms with van der Waals surface area (Å²) in [5.41, 5.74) is 3.12. The number of rotatable bonds is 4. The number of hydrogen-bond acceptors (Lipinski definition) is 3. The second-order valence-corrected chi connectivity index (χ2v) is 4.61. The van der Waals surface area contributed by atoms with Crippen molar-refractivity contribution in [2.45, 2.75) is 25.7 Å². The molecule has 0 unspecified atom stereocenters. The van der Waals surface area contributed by atoms with E-state index >= 15 is 0 Å². The maximum atomic E-state index is 11.7. The molecule has 1 aliphatic rings. The van der Waals surface area contributed by atoms with Gasteiger partial charge in [-0.25, -0.2) is 10.2 Å². The van der Waals surface area contributed by atoms with Crippen LogP contribution in [0.25, 0.3) is 0 Å². The summed E-state index contributed by atoms with van der Waals surface area (Å²) in [4.78, 5) is 22.7. The fourth-order valence-electron chi connectivity index (χ4n) is 2.25. The summed E-state index contributed by atoms with van der Waals surface area (Å²) in [6.07, 6.45) is 5.36. The van der Waals surface area contributed by atoms with Gasteiger partial charge in [-0.3, -0.25) is 4.79 Å². The lowest BCUT2D eigenvalue weighted by Crippen LogP contribution is -2.24. The maximum Gasteiger partial charge on any atom is 0.336 e. The first-order chi connectivity index (χ1) is 9.18. The van der Waals surface area contributed by atoms with Crippen molar-refractivity contribution in [1.82, 2.24) is 5.43 Å². The molecule has 1 aliphatic carbocycles. The standard InChI is InChI=1S/C14H16N2O3/c17-13(10-5-1-2-6-10)16-15-9-11-7-3-4-8-12(11)14(18)19/h3-4,7-10H,1-2,5-6H2,(H,16,17)(H,18,19). The van der Waals surface area contributed by atoms with Crippen molar-refractivity contribution < 1.29 is 14.7 Å². The Morgan fingerprint density at radius 2 is 1.95 bits per heavy atom. The van der Waals surface area contributed by atoms with Crippen molar-refractivity contribution in [2.24, 2.45) is 11.0 Å². The monoisotopic (exact) mass is 260 g/mol. The van der Waals surface area contributed by atoms with E-state index < -0.39 is 5.97 Å². The zero-order chi connectivity index (χ0) is 13.7. The number of amides is 1. The van der Waals surface area contributed by atoms with E-state index in [9.17, 15) is 9.59 Å². The Morgan fingerprint density at radius 1 is 1.26 bits per heavy atom. The minimum atomic E-state index is -1.01. The van der Waals surface area contributed by atoms with Crippen molar-refractivity contribution in [3.63, 3.8) is 0 Å². The van der Waals surface area contributed by atoms with Crippen molar-refractivity contribution in [1.29, 1.82) is 0 Å². The smallest absolute Gasteiger partial charge is 0.336 e. The minimum Gasteiger partial charge on any atom is -0.478 e. The lowest BCUT2D eigenvalue weighted by molar-refractivity contribution is -0.124. The number of nitrogens with one attached hydrogen (secondary N) is 1. The molecule has 0 saturated heterocycles. The molecule has 0 radical (unpaired) electrons. The van der Waals surface area contributed by atoms with Crippen molar-refractivity contribution in [3.8, 4) is 0 Å². The van der Waals surface area contributed by atoms with Crippen LogP contribution in [-0.4, -0.2) is 23.2 Å². The Balaban J connectivity index is 1.99. The lowest BCUT2D eigenvalue weighted by Gasteiger charge is -2.06. The van der Waals surface area contributed by atoms with Gasteiger partial charge in [0.05, 0.1) is 11.8 Å². The SMILES string of the molecule is O=C(O)c1ccccc1C=NNC(=O)C1CCCC1. The number of aromatic carboxylic acids is 1. The summed E-state index contributed by atoms with van der Waals surface area (Å²) >= 11 is 0. The normalized spacial score (nSPS) is 15.8. The second kappa shape index (κ2) is 6.13. The van der Waals surface area contributed by atoms with E-state index in [1.807, 2.05) is 0 Å². The van der Waals surface area contributed by atoms with Crippen LogP contribution in [0.2, 0.25) is 0 Å². The Kier molecular flexibility index (Phi) is 4.28. The molecule has 1 aromatic carbocycles. The van der Waals surface area contributed by atoms with E-state index in [4.69, 9.17) is 5.11 Å². The molecule has 5 heteroatoms. The van der Waals surface area contributed by atoms with Crippen molar-refractivity contribution in [2.75, 3.05) is 0 Å². The van der Waals surface area contributed by atoms with Crippen LogP contribution in [-0.2, 0) is 4.79 Å². The molecular formula is C14H16N2O3. The fourth-order valence-corrected chi connectivity index (χ4v) is 2.25. The highest BCUT2D eigenvalue weighted by Crippen LogP contribution is 2.24. The van der Waals surface area contributed by atoms with E-state index in [1.165, 1.54) is 12.3 Å². The van der Waals surface area contributed by atoms with Gasteiger partial charge in [0.1, 0.15) is 0 Å². The van der Waals surface area contributed by atoms with E-state index in [-0.39, 0.29) is 17.4 Å². The fraction of sp³-hybridized carbons (Fsp3) is 0.357. The van der Waals surface area contributed by atoms with Crippen molar-refractivity contribution >= 4 is 18.1 Å². The van der Waals surface area contributed by atoms with Gasteiger partial charge in [0.2, 0.25) is 5.91 Å². The highest BCUT2D eigenvalue weighted by Gasteiger charge is 2.22. The number of carbonyl (C=O) groups is 2. The van der Waals surface area contributed by atoms with Crippen LogP contribution in [0.15, 0.2) is 29.4 Å². The highest BCUT2D eigenvalue weighted by atomic mass is 16.4. The zero-order valence-electron chi connectivity index (χ0n) is 10.5. The molecule has 1 amide bonds. The minimum absolute atomic E-state index is 0.0480. The molecule has 5 nitrogen and oxygen atoms in total. The molecule has 2 rings (SSSR count). The third-order valence-corrected chi connectivity index (χ3v) is 3.30. The number of carboxylic acid groups (broad SMARTS) is 1. The summed E-state index contributed by atoms with van der Waals surface area (Å²) in [5.74, 6) is -1.04. The molecule has 2 N–H and O–H groups in total. The van der Waals surface area contributed by atoms with Crippen LogP contribution in [0, 0.1) is 5.92 Å². The average molecular weight is 260 g/mol. The number of benzene rings is 1. The van der Waals surface area contributed by atoms with Gasteiger partial charge < -0.3 is 5.11 Å². The molecule has 0 spiro atoms. The Hall–Kier alpha value is -2.17. The van der Waals surface area contributed by atoms with Crippen LogP contribution in [0.3, 0.4) is 0 Å². The predicted molar refractivity (Wildman–Crippen MR) is 71.1 cm³/mol. The van der Waals surface area contributed by atoms with Gasteiger partial charge in [-0.05, 0) is 18.9 Å². The first-order valence-corrected chi connectivity index (χ1v) is 6.33. The van der Waals surface area contributed by atoms with Gasteiger partial charge in [0.15, 0.2) is 0 Å². The number of carboxylic acids is 1. The lowest BCUT2D eigenvalue weighted by atomic mass is 10.1. The van der Waals surface area contributed by atoms with Gasteiger partial charge in [-0.15, -0.1) is 0 Å². The Bertz CT molecular complexity index is 505. The number of hydrazone groups is 1. The zero-order valence-corrected chi connectivity index (χ0v) is 10.5. The Labute approximate surface area is 111 Å². The van der Waals surface area contributed by atoms with Crippen LogP contribution >= 0.6 is 0 Å². The summed E-state index contributed by atoms with van der Waals surface area (Å²) in [5, 5.41) is 12.8. The molecule has 1 saturated carbocycles. The summed E-state index contributed by atoms with van der Waals surface area (Å²) < 4.78 is 0. The van der Waals surface area contributed by atoms with E-state index in [0.717, 1.165) is 25.7 Å². The molecular weight excluding hydrogens is 244 g/mol. The van der Waals surface area contributed by atoms with Crippen LogP contribution in [0.4, 0.5) is 0 Å². The highest BCUT2D eigenvalue weighted by molar-refractivity contribution is 5.98. The van der Waals surface area contributed by atoms with E-state index in [0.29, 0.717) is 5.56 Å².